The van der Waals surface area contributed by atoms with Gasteiger partial charge < -0.3 is 0 Å². The van der Waals surface area contributed by atoms with Crippen molar-refractivity contribution in [2.75, 3.05) is 4.72 Å². The van der Waals surface area contributed by atoms with E-state index in [-0.39, 0.29) is 23.2 Å². The monoisotopic (exact) mass is 382 g/mol. The number of fused-ring (bicyclic) bond motifs is 1. The predicted octanol–water partition coefficient (Wildman–Crippen LogP) is 3.42. The molecule has 27 heavy (non-hydrogen) atoms. The van der Waals surface area contributed by atoms with Crippen molar-refractivity contribution in [1.29, 1.82) is 0 Å². The van der Waals surface area contributed by atoms with Gasteiger partial charge >= 0.3 is 0 Å². The molecular formula is C19H15FN4O2S. The SMILES string of the molecule is O=S(=O)(Nc1ncn(Cc2ccccc2F)n1)c1ccc2ccccc2c1. The molecule has 1 N–H and O–H groups in total. The summed E-state index contributed by atoms with van der Waals surface area (Å²) in [5.74, 6) is -0.425. The largest absolute Gasteiger partial charge is 0.264 e. The normalized spacial score (nSPS) is 11.6. The second-order valence-corrected chi connectivity index (χ2v) is 7.65. The second-order valence-electron chi connectivity index (χ2n) is 5.97. The minimum Gasteiger partial charge on any atom is -0.246 e. The summed E-state index contributed by atoms with van der Waals surface area (Å²) in [5, 5.41) is 5.83. The van der Waals surface area contributed by atoms with Crippen molar-refractivity contribution in [1.82, 2.24) is 14.8 Å². The van der Waals surface area contributed by atoms with Gasteiger partial charge in [-0.1, -0.05) is 48.5 Å². The number of nitrogens with one attached hydrogen (secondary N) is 1. The fourth-order valence-corrected chi connectivity index (χ4v) is 3.71. The summed E-state index contributed by atoms with van der Waals surface area (Å²) in [6, 6.07) is 18.7. The van der Waals surface area contributed by atoms with Gasteiger partial charge in [-0.25, -0.2) is 22.2 Å². The lowest BCUT2D eigenvalue weighted by Crippen LogP contribution is -2.14. The molecule has 0 bridgehead atoms. The van der Waals surface area contributed by atoms with Gasteiger partial charge in [0, 0.05) is 5.56 Å². The van der Waals surface area contributed by atoms with E-state index in [0.29, 0.717) is 5.56 Å². The van der Waals surface area contributed by atoms with Crippen molar-refractivity contribution >= 4 is 26.7 Å². The van der Waals surface area contributed by atoms with Crippen molar-refractivity contribution in [3.8, 4) is 0 Å². The Bertz CT molecular complexity index is 1220. The summed E-state index contributed by atoms with van der Waals surface area (Å²) in [4.78, 5) is 4.07. The molecule has 1 heterocycles. The van der Waals surface area contributed by atoms with Crippen LogP contribution in [0.5, 0.6) is 0 Å². The van der Waals surface area contributed by atoms with Crippen molar-refractivity contribution in [3.05, 3.63) is 84.4 Å². The zero-order valence-electron chi connectivity index (χ0n) is 14.1. The summed E-state index contributed by atoms with van der Waals surface area (Å²) in [7, 11) is -3.83. The highest BCUT2D eigenvalue weighted by atomic mass is 32.2. The van der Waals surface area contributed by atoms with Crippen molar-refractivity contribution in [2.45, 2.75) is 11.4 Å². The Labute approximate surface area is 155 Å². The van der Waals surface area contributed by atoms with Crippen LogP contribution in [0.3, 0.4) is 0 Å². The molecule has 0 amide bonds. The molecule has 136 valence electrons. The Morgan fingerprint density at radius 1 is 0.963 bits per heavy atom. The maximum Gasteiger partial charge on any atom is 0.264 e. The molecule has 0 saturated carbocycles. The van der Waals surface area contributed by atoms with Crippen LogP contribution in [-0.4, -0.2) is 23.2 Å². The summed E-state index contributed by atoms with van der Waals surface area (Å²) in [6.45, 7) is 0.150. The lowest BCUT2D eigenvalue weighted by molar-refractivity contribution is 0.584. The molecule has 0 radical (unpaired) electrons. The van der Waals surface area contributed by atoms with Gasteiger partial charge in [0.1, 0.15) is 12.1 Å². The summed E-state index contributed by atoms with van der Waals surface area (Å²) < 4.78 is 42.7. The van der Waals surface area contributed by atoms with Gasteiger partial charge in [-0.05, 0) is 29.0 Å². The maximum absolute atomic E-state index is 13.7. The van der Waals surface area contributed by atoms with Crippen LogP contribution in [0.25, 0.3) is 10.8 Å². The average molecular weight is 382 g/mol. The molecule has 0 fully saturated rings. The maximum atomic E-state index is 13.7. The molecule has 0 spiro atoms. The quantitative estimate of drug-likeness (QED) is 0.574. The van der Waals surface area contributed by atoms with Crippen molar-refractivity contribution in [3.63, 3.8) is 0 Å². The third kappa shape index (κ3) is 3.65. The molecule has 0 aliphatic rings. The Hall–Kier alpha value is -3.26. The number of benzene rings is 3. The van der Waals surface area contributed by atoms with Crippen LogP contribution in [0.15, 0.2) is 78.0 Å². The van der Waals surface area contributed by atoms with E-state index < -0.39 is 10.0 Å². The molecular weight excluding hydrogens is 367 g/mol. The number of halogens is 1. The number of anilines is 1. The number of hydrogen-bond acceptors (Lipinski definition) is 4. The average Bonchev–Trinajstić information content (AvgIpc) is 3.09. The minimum absolute atomic E-state index is 0.0699. The van der Waals surface area contributed by atoms with Gasteiger partial charge in [-0.3, -0.25) is 0 Å². The van der Waals surface area contributed by atoms with Crippen LogP contribution in [0.1, 0.15) is 5.56 Å². The number of sulfonamides is 1. The Morgan fingerprint density at radius 3 is 2.52 bits per heavy atom. The zero-order chi connectivity index (χ0) is 18.9. The lowest BCUT2D eigenvalue weighted by atomic mass is 10.1. The highest BCUT2D eigenvalue weighted by Crippen LogP contribution is 2.20. The molecule has 0 saturated heterocycles. The van der Waals surface area contributed by atoms with Crippen molar-refractivity contribution in [2.24, 2.45) is 0 Å². The molecule has 0 atom stereocenters. The molecule has 4 rings (SSSR count). The van der Waals surface area contributed by atoms with Gasteiger partial charge in [0.25, 0.3) is 16.0 Å². The first-order chi connectivity index (χ1) is 13.0. The van der Waals surface area contributed by atoms with E-state index in [2.05, 4.69) is 14.8 Å². The molecule has 6 nitrogen and oxygen atoms in total. The van der Waals surface area contributed by atoms with Crippen LogP contribution in [0.2, 0.25) is 0 Å². The fourth-order valence-electron chi connectivity index (χ4n) is 2.73. The molecule has 4 aromatic rings. The van der Waals surface area contributed by atoms with Crippen LogP contribution >= 0.6 is 0 Å². The van der Waals surface area contributed by atoms with Gasteiger partial charge in [-0.2, -0.15) is 4.98 Å². The number of rotatable bonds is 5. The predicted molar refractivity (Wildman–Crippen MR) is 100 cm³/mol. The van der Waals surface area contributed by atoms with E-state index in [1.54, 1.807) is 30.3 Å². The minimum atomic E-state index is -3.83. The summed E-state index contributed by atoms with van der Waals surface area (Å²) in [5.41, 5.74) is 0.436. The standard InChI is InChI=1S/C19H15FN4O2S/c20-18-8-4-3-7-16(18)12-24-13-21-19(22-24)23-27(25,26)17-10-9-14-5-1-2-6-15(14)11-17/h1-11,13H,12H2,(H,22,23). The van der Waals surface area contributed by atoms with E-state index in [9.17, 15) is 12.8 Å². The molecule has 0 aliphatic carbocycles. The van der Waals surface area contributed by atoms with Crippen LogP contribution in [0.4, 0.5) is 10.3 Å². The van der Waals surface area contributed by atoms with Gasteiger partial charge in [0.2, 0.25) is 0 Å². The van der Waals surface area contributed by atoms with Crippen molar-refractivity contribution < 1.29 is 12.8 Å². The highest BCUT2D eigenvalue weighted by molar-refractivity contribution is 7.92. The van der Waals surface area contributed by atoms with Gasteiger partial charge in [0.15, 0.2) is 0 Å². The number of hydrogen-bond donors (Lipinski definition) is 1. The van der Waals surface area contributed by atoms with Gasteiger partial charge in [0.05, 0.1) is 11.4 Å². The Kier molecular flexibility index (Phi) is 4.33. The first kappa shape index (κ1) is 17.2. The lowest BCUT2D eigenvalue weighted by Gasteiger charge is -2.06. The van der Waals surface area contributed by atoms with Crippen LogP contribution < -0.4 is 4.72 Å². The highest BCUT2D eigenvalue weighted by Gasteiger charge is 2.17. The number of nitrogens with zero attached hydrogens (tertiary/aromatic N) is 3. The van der Waals surface area contributed by atoms with Crippen LogP contribution in [-0.2, 0) is 16.6 Å². The molecule has 0 unspecified atom stereocenters. The van der Waals surface area contributed by atoms with Gasteiger partial charge in [-0.15, -0.1) is 5.10 Å². The topological polar surface area (TPSA) is 76.9 Å². The van der Waals surface area contributed by atoms with E-state index >= 15 is 0 Å². The molecule has 3 aromatic carbocycles. The zero-order valence-corrected chi connectivity index (χ0v) is 14.9. The van der Waals surface area contributed by atoms with E-state index in [1.165, 1.54) is 23.1 Å². The van der Waals surface area contributed by atoms with E-state index in [1.807, 2.05) is 24.3 Å². The second kappa shape index (κ2) is 6.81. The Balaban J connectivity index is 1.56. The van der Waals surface area contributed by atoms with Crippen LogP contribution in [0, 0.1) is 5.82 Å². The summed E-state index contributed by atoms with van der Waals surface area (Å²) >= 11 is 0. The van der Waals surface area contributed by atoms with E-state index in [0.717, 1.165) is 10.8 Å². The van der Waals surface area contributed by atoms with E-state index in [4.69, 9.17) is 0 Å². The third-order valence-corrected chi connectivity index (χ3v) is 5.41. The molecule has 0 aliphatic heterocycles. The molecule has 1 aromatic heterocycles. The number of aromatic nitrogens is 3. The fraction of sp³-hybridized carbons (Fsp3) is 0.0526. The first-order valence-corrected chi connectivity index (χ1v) is 9.64. The third-order valence-electron chi connectivity index (χ3n) is 4.08. The molecule has 8 heteroatoms. The Morgan fingerprint density at radius 2 is 1.70 bits per heavy atom. The first-order valence-electron chi connectivity index (χ1n) is 8.16. The summed E-state index contributed by atoms with van der Waals surface area (Å²) in [6.07, 6.45) is 1.35. The smallest absolute Gasteiger partial charge is 0.246 e.